The van der Waals surface area contributed by atoms with Crippen LogP contribution in [-0.2, 0) is 11.3 Å². The molecule has 0 fully saturated rings. The molecule has 17 heavy (non-hydrogen) atoms. The van der Waals surface area contributed by atoms with E-state index in [0.717, 1.165) is 17.2 Å². The smallest absolute Gasteiger partial charge is 0.240 e. The molecule has 0 saturated carbocycles. The van der Waals surface area contributed by atoms with Crippen molar-refractivity contribution < 1.29 is 4.79 Å². The number of hydrogen-bond acceptors (Lipinski definition) is 5. The molecule has 0 saturated heterocycles. The second kappa shape index (κ2) is 5.57. The maximum absolute atomic E-state index is 11.5. The molecule has 0 atom stereocenters. The van der Waals surface area contributed by atoms with Gasteiger partial charge in [-0.15, -0.1) is 11.3 Å². The van der Waals surface area contributed by atoms with Crippen LogP contribution in [0.15, 0.2) is 5.38 Å². The van der Waals surface area contributed by atoms with E-state index in [-0.39, 0.29) is 5.91 Å². The summed E-state index contributed by atoms with van der Waals surface area (Å²) in [5, 5.41) is 3.11. The third kappa shape index (κ3) is 4.07. The van der Waals surface area contributed by atoms with Crippen molar-refractivity contribution >= 4 is 17.2 Å². The number of rotatable bonds is 5. The van der Waals surface area contributed by atoms with Gasteiger partial charge in [0.05, 0.1) is 16.1 Å². The molecule has 0 aromatic carbocycles. The second-order valence-corrected chi connectivity index (χ2v) is 5.95. The van der Waals surface area contributed by atoms with E-state index in [0.29, 0.717) is 6.54 Å². The van der Waals surface area contributed by atoms with Gasteiger partial charge in [-0.1, -0.05) is 0 Å². The highest BCUT2D eigenvalue weighted by Crippen LogP contribution is 2.18. The molecule has 0 bridgehead atoms. The fourth-order valence-corrected chi connectivity index (χ4v) is 2.36. The minimum Gasteiger partial charge on any atom is -0.299 e. The molecule has 0 spiro atoms. The molecule has 0 aliphatic carbocycles. The van der Waals surface area contributed by atoms with Gasteiger partial charge in [-0.2, -0.15) is 0 Å². The summed E-state index contributed by atoms with van der Waals surface area (Å²) in [6.45, 7) is 7.11. The van der Waals surface area contributed by atoms with Crippen LogP contribution in [0.2, 0.25) is 0 Å². The van der Waals surface area contributed by atoms with Gasteiger partial charge in [-0.3, -0.25) is 15.1 Å². The second-order valence-electron chi connectivity index (χ2n) is 4.89. The normalized spacial score (nSPS) is 11.9. The van der Waals surface area contributed by atoms with Gasteiger partial charge < -0.3 is 0 Å². The molecule has 6 heteroatoms. The molecule has 0 radical (unpaired) electrons. The molecular formula is C11H20N4OS. The first-order valence-electron chi connectivity index (χ1n) is 5.46. The van der Waals surface area contributed by atoms with Crippen LogP contribution in [0.25, 0.3) is 0 Å². The zero-order chi connectivity index (χ0) is 13.1. The number of aromatic nitrogens is 1. The number of carbonyl (C=O) groups excluding carboxylic acids is 1. The Balaban J connectivity index is 2.54. The summed E-state index contributed by atoms with van der Waals surface area (Å²) in [4.78, 5) is 18.0. The lowest BCUT2D eigenvalue weighted by molar-refractivity contribution is -0.130. The van der Waals surface area contributed by atoms with Crippen molar-refractivity contribution in [2.75, 3.05) is 13.6 Å². The Labute approximate surface area is 106 Å². The number of amides is 1. The van der Waals surface area contributed by atoms with Crippen molar-refractivity contribution in [3.63, 3.8) is 0 Å². The predicted molar refractivity (Wildman–Crippen MR) is 69.3 cm³/mol. The van der Waals surface area contributed by atoms with Gasteiger partial charge in [-0.25, -0.2) is 10.8 Å². The average molecular weight is 256 g/mol. The molecule has 5 nitrogen and oxygen atoms in total. The van der Waals surface area contributed by atoms with Crippen molar-refractivity contribution in [3.8, 4) is 0 Å². The zero-order valence-corrected chi connectivity index (χ0v) is 11.6. The first kappa shape index (κ1) is 14.1. The van der Waals surface area contributed by atoms with E-state index in [9.17, 15) is 4.79 Å². The number of carbonyl (C=O) groups is 1. The lowest BCUT2D eigenvalue weighted by Gasteiger charge is -2.27. The highest BCUT2D eigenvalue weighted by Gasteiger charge is 2.28. The highest BCUT2D eigenvalue weighted by molar-refractivity contribution is 7.09. The third-order valence-electron chi connectivity index (χ3n) is 2.51. The van der Waals surface area contributed by atoms with Gasteiger partial charge in [0, 0.05) is 18.5 Å². The van der Waals surface area contributed by atoms with E-state index in [4.69, 9.17) is 5.84 Å². The Kier molecular flexibility index (Phi) is 4.62. The number of nitrogens with two attached hydrogens (primary N) is 1. The van der Waals surface area contributed by atoms with Gasteiger partial charge in [-0.05, 0) is 27.8 Å². The quantitative estimate of drug-likeness (QED) is 0.466. The Morgan fingerprint density at radius 1 is 1.65 bits per heavy atom. The number of aryl methyl sites for hydroxylation is 1. The van der Waals surface area contributed by atoms with E-state index >= 15 is 0 Å². The highest BCUT2D eigenvalue weighted by atomic mass is 32.1. The molecule has 1 heterocycles. The Morgan fingerprint density at radius 2 is 2.29 bits per heavy atom. The maximum Gasteiger partial charge on any atom is 0.240 e. The van der Waals surface area contributed by atoms with Crippen LogP contribution in [-0.4, -0.2) is 29.4 Å². The largest absolute Gasteiger partial charge is 0.299 e. The Bertz CT molecular complexity index is 389. The van der Waals surface area contributed by atoms with E-state index < -0.39 is 5.41 Å². The maximum atomic E-state index is 11.5. The predicted octanol–water partition coefficient (Wildman–Crippen LogP) is 0.899. The molecule has 1 rings (SSSR count). The van der Waals surface area contributed by atoms with E-state index in [2.05, 4.69) is 15.3 Å². The lowest BCUT2D eigenvalue weighted by Crippen LogP contribution is -2.46. The molecule has 1 aromatic rings. The molecule has 3 N–H and O–H groups in total. The van der Waals surface area contributed by atoms with Crippen LogP contribution >= 0.6 is 11.3 Å². The van der Waals surface area contributed by atoms with Gasteiger partial charge in [0.25, 0.3) is 0 Å². The fourth-order valence-electron chi connectivity index (χ4n) is 1.76. The fraction of sp³-hybridized carbons (Fsp3) is 0.636. The standard InChI is InChI=1S/C11H20N4OS/c1-8-13-9(6-17-8)5-15(4)7-11(2,3)10(16)14-12/h6H,5,7,12H2,1-4H3,(H,14,16). The molecule has 96 valence electrons. The summed E-state index contributed by atoms with van der Waals surface area (Å²) >= 11 is 1.64. The minimum absolute atomic E-state index is 0.154. The number of thiazole rings is 1. The summed E-state index contributed by atoms with van der Waals surface area (Å²) in [5.74, 6) is 5.01. The Morgan fingerprint density at radius 3 is 2.76 bits per heavy atom. The number of hydrazine groups is 1. The molecule has 0 unspecified atom stereocenters. The van der Waals surface area contributed by atoms with Gasteiger partial charge in [0.1, 0.15) is 0 Å². The third-order valence-corrected chi connectivity index (χ3v) is 3.33. The lowest BCUT2D eigenvalue weighted by atomic mass is 9.92. The summed E-state index contributed by atoms with van der Waals surface area (Å²) in [5.41, 5.74) is 2.73. The summed E-state index contributed by atoms with van der Waals surface area (Å²) in [7, 11) is 1.97. The first-order chi connectivity index (χ1) is 7.85. The summed E-state index contributed by atoms with van der Waals surface area (Å²) in [6.07, 6.45) is 0. The van der Waals surface area contributed by atoms with E-state index in [1.165, 1.54) is 0 Å². The number of hydrogen-bond donors (Lipinski definition) is 2. The van der Waals surface area contributed by atoms with Crippen LogP contribution in [0, 0.1) is 12.3 Å². The van der Waals surface area contributed by atoms with Crippen LogP contribution in [0.4, 0.5) is 0 Å². The SMILES string of the molecule is Cc1nc(CN(C)CC(C)(C)C(=O)NN)cs1. The van der Waals surface area contributed by atoms with Crippen LogP contribution in [0.3, 0.4) is 0 Å². The van der Waals surface area contributed by atoms with Gasteiger partial charge in [0.2, 0.25) is 5.91 Å². The monoisotopic (exact) mass is 256 g/mol. The number of nitrogens with zero attached hydrogens (tertiary/aromatic N) is 2. The van der Waals surface area contributed by atoms with Crippen LogP contribution < -0.4 is 11.3 Å². The summed E-state index contributed by atoms with van der Waals surface area (Å²) < 4.78 is 0. The molecule has 1 amide bonds. The molecule has 1 aromatic heterocycles. The summed E-state index contributed by atoms with van der Waals surface area (Å²) in [6, 6.07) is 0. The van der Waals surface area contributed by atoms with E-state index in [1.807, 2.05) is 33.2 Å². The molecule has 0 aliphatic rings. The van der Waals surface area contributed by atoms with E-state index in [1.54, 1.807) is 11.3 Å². The van der Waals surface area contributed by atoms with Crippen LogP contribution in [0.5, 0.6) is 0 Å². The Hall–Kier alpha value is -0.980. The van der Waals surface area contributed by atoms with Crippen LogP contribution in [0.1, 0.15) is 24.5 Å². The van der Waals surface area contributed by atoms with Gasteiger partial charge >= 0.3 is 0 Å². The molecular weight excluding hydrogens is 236 g/mol. The first-order valence-corrected chi connectivity index (χ1v) is 6.33. The van der Waals surface area contributed by atoms with Crippen molar-refractivity contribution in [1.29, 1.82) is 0 Å². The zero-order valence-electron chi connectivity index (χ0n) is 10.8. The topological polar surface area (TPSA) is 71.2 Å². The average Bonchev–Trinajstić information content (AvgIpc) is 2.61. The van der Waals surface area contributed by atoms with Crippen molar-refractivity contribution in [2.45, 2.75) is 27.3 Å². The minimum atomic E-state index is -0.505. The van der Waals surface area contributed by atoms with Gasteiger partial charge in [0.15, 0.2) is 0 Å². The van der Waals surface area contributed by atoms with Crippen molar-refractivity contribution in [3.05, 3.63) is 16.1 Å². The number of nitrogens with one attached hydrogen (secondary N) is 1. The van der Waals surface area contributed by atoms with Crippen molar-refractivity contribution in [2.24, 2.45) is 11.3 Å². The van der Waals surface area contributed by atoms with Crippen molar-refractivity contribution in [1.82, 2.24) is 15.3 Å². The molecule has 0 aliphatic heterocycles.